The lowest BCUT2D eigenvalue weighted by Gasteiger charge is -2.06. The van der Waals surface area contributed by atoms with E-state index in [2.05, 4.69) is 25.6 Å². The number of unbranched alkanes of at least 4 members (excludes halogenated alkanes) is 2. The standard InChI is InChI=1S/C14H19N5O2/c1-21-13(20)10-6-3-7-11-15-14-16-17-18-19(14)12-8-4-2-5-9-12/h2,4-5,8-9H,3,6-7,10-11H2,1H3,(H,15,16,18). The number of hydrogen-bond donors (Lipinski definition) is 1. The van der Waals surface area contributed by atoms with Crippen molar-refractivity contribution in [3.05, 3.63) is 30.3 Å². The number of tetrazole rings is 1. The lowest BCUT2D eigenvalue weighted by atomic mass is 10.2. The van der Waals surface area contributed by atoms with Crippen molar-refractivity contribution in [3.8, 4) is 5.69 Å². The van der Waals surface area contributed by atoms with Crippen LogP contribution in [0.15, 0.2) is 30.3 Å². The molecule has 7 heteroatoms. The molecule has 1 heterocycles. The van der Waals surface area contributed by atoms with Gasteiger partial charge in [-0.1, -0.05) is 29.7 Å². The van der Waals surface area contributed by atoms with E-state index in [4.69, 9.17) is 0 Å². The van der Waals surface area contributed by atoms with Crippen molar-refractivity contribution in [2.45, 2.75) is 25.7 Å². The average Bonchev–Trinajstić information content (AvgIpc) is 2.99. The fraction of sp³-hybridized carbons (Fsp3) is 0.429. The van der Waals surface area contributed by atoms with Gasteiger partial charge in [0.15, 0.2) is 0 Å². The van der Waals surface area contributed by atoms with E-state index in [9.17, 15) is 4.79 Å². The van der Waals surface area contributed by atoms with Gasteiger partial charge in [-0.15, -0.1) is 0 Å². The van der Waals surface area contributed by atoms with Crippen molar-refractivity contribution in [1.29, 1.82) is 0 Å². The third kappa shape index (κ3) is 4.55. The number of nitrogens with zero attached hydrogens (tertiary/aromatic N) is 4. The van der Waals surface area contributed by atoms with Crippen molar-refractivity contribution >= 4 is 11.9 Å². The van der Waals surface area contributed by atoms with Gasteiger partial charge in [0, 0.05) is 13.0 Å². The molecule has 0 fully saturated rings. The van der Waals surface area contributed by atoms with Crippen LogP contribution in [0.5, 0.6) is 0 Å². The summed E-state index contributed by atoms with van der Waals surface area (Å²) in [6.07, 6.45) is 3.20. The molecule has 0 aliphatic rings. The molecule has 0 spiro atoms. The Morgan fingerprint density at radius 3 is 2.81 bits per heavy atom. The van der Waals surface area contributed by atoms with Crippen LogP contribution in [0.2, 0.25) is 0 Å². The predicted octanol–water partition coefficient (Wildman–Crippen LogP) is 1.81. The highest BCUT2D eigenvalue weighted by atomic mass is 16.5. The molecule has 0 aliphatic carbocycles. The summed E-state index contributed by atoms with van der Waals surface area (Å²) in [6.45, 7) is 0.758. The van der Waals surface area contributed by atoms with Gasteiger partial charge in [0.05, 0.1) is 12.8 Å². The predicted molar refractivity (Wildman–Crippen MR) is 78.1 cm³/mol. The van der Waals surface area contributed by atoms with Gasteiger partial charge in [0.1, 0.15) is 0 Å². The second-order valence-corrected chi connectivity index (χ2v) is 4.56. The van der Waals surface area contributed by atoms with Crippen molar-refractivity contribution in [1.82, 2.24) is 20.2 Å². The first-order valence-electron chi connectivity index (χ1n) is 6.96. The lowest BCUT2D eigenvalue weighted by Crippen LogP contribution is -2.09. The first-order valence-corrected chi connectivity index (χ1v) is 6.96. The molecule has 0 saturated carbocycles. The number of rotatable bonds is 8. The second-order valence-electron chi connectivity index (χ2n) is 4.56. The monoisotopic (exact) mass is 289 g/mol. The summed E-state index contributed by atoms with van der Waals surface area (Å²) < 4.78 is 6.26. The molecule has 1 aromatic heterocycles. The molecule has 0 radical (unpaired) electrons. The van der Waals surface area contributed by atoms with Crippen LogP contribution in [-0.4, -0.2) is 39.8 Å². The Morgan fingerprint density at radius 2 is 2.05 bits per heavy atom. The first-order chi connectivity index (χ1) is 10.3. The van der Waals surface area contributed by atoms with Gasteiger partial charge >= 0.3 is 5.97 Å². The topological polar surface area (TPSA) is 81.9 Å². The quantitative estimate of drug-likeness (QED) is 0.589. The Bertz CT molecular complexity index is 556. The number of nitrogens with one attached hydrogen (secondary N) is 1. The van der Waals surface area contributed by atoms with E-state index in [-0.39, 0.29) is 5.97 Å². The van der Waals surface area contributed by atoms with Gasteiger partial charge in [-0.25, -0.2) is 0 Å². The van der Waals surface area contributed by atoms with Crippen molar-refractivity contribution in [2.75, 3.05) is 19.0 Å². The molecule has 21 heavy (non-hydrogen) atoms. The second kappa shape index (κ2) is 7.98. The first kappa shape index (κ1) is 15.0. The molecular formula is C14H19N5O2. The molecule has 7 nitrogen and oxygen atoms in total. The van der Waals surface area contributed by atoms with Crippen LogP contribution in [0.25, 0.3) is 5.69 Å². The highest BCUT2D eigenvalue weighted by Crippen LogP contribution is 2.10. The maximum atomic E-state index is 11.0. The van der Waals surface area contributed by atoms with Gasteiger partial charge in [0.25, 0.3) is 0 Å². The Hall–Kier alpha value is -2.44. The minimum absolute atomic E-state index is 0.157. The summed E-state index contributed by atoms with van der Waals surface area (Å²) in [5.74, 6) is 0.463. The maximum absolute atomic E-state index is 11.0. The van der Waals surface area contributed by atoms with E-state index in [0.29, 0.717) is 12.4 Å². The third-order valence-corrected chi connectivity index (χ3v) is 3.04. The van der Waals surface area contributed by atoms with E-state index in [0.717, 1.165) is 31.5 Å². The van der Waals surface area contributed by atoms with Gasteiger partial charge in [-0.05, 0) is 35.4 Å². The normalized spacial score (nSPS) is 10.3. The molecule has 0 saturated heterocycles. The smallest absolute Gasteiger partial charge is 0.305 e. The van der Waals surface area contributed by atoms with Gasteiger partial charge < -0.3 is 10.1 Å². The molecule has 0 aliphatic heterocycles. The summed E-state index contributed by atoms with van der Waals surface area (Å²) >= 11 is 0. The third-order valence-electron chi connectivity index (χ3n) is 3.04. The molecular weight excluding hydrogens is 270 g/mol. The van der Waals surface area contributed by atoms with Crippen LogP contribution in [-0.2, 0) is 9.53 Å². The van der Waals surface area contributed by atoms with E-state index in [1.165, 1.54) is 7.11 Å². The number of benzene rings is 1. The maximum Gasteiger partial charge on any atom is 0.305 e. The molecule has 2 aromatic rings. The SMILES string of the molecule is COC(=O)CCCCCNc1nnnn1-c1ccccc1. The van der Waals surface area contributed by atoms with Crippen LogP contribution in [0.4, 0.5) is 5.95 Å². The zero-order valence-corrected chi connectivity index (χ0v) is 12.0. The molecule has 112 valence electrons. The largest absolute Gasteiger partial charge is 0.469 e. The fourth-order valence-electron chi connectivity index (χ4n) is 1.91. The Kier molecular flexibility index (Phi) is 5.69. The Labute approximate surface area is 123 Å². The number of carbonyl (C=O) groups excluding carboxylic acids is 1. The summed E-state index contributed by atoms with van der Waals surface area (Å²) in [5, 5.41) is 14.8. The van der Waals surface area contributed by atoms with E-state index in [1.807, 2.05) is 30.3 Å². The minimum atomic E-state index is -0.157. The number of carbonyl (C=O) groups is 1. The van der Waals surface area contributed by atoms with Crippen LogP contribution in [0.1, 0.15) is 25.7 Å². The Morgan fingerprint density at radius 1 is 1.24 bits per heavy atom. The molecule has 0 atom stereocenters. The molecule has 0 bridgehead atoms. The van der Waals surface area contributed by atoms with Gasteiger partial charge in [0.2, 0.25) is 5.95 Å². The van der Waals surface area contributed by atoms with Crippen molar-refractivity contribution < 1.29 is 9.53 Å². The number of esters is 1. The van der Waals surface area contributed by atoms with Gasteiger partial charge in [-0.3, -0.25) is 4.79 Å². The zero-order valence-electron chi connectivity index (χ0n) is 12.0. The summed E-state index contributed by atoms with van der Waals surface area (Å²) in [7, 11) is 1.41. The van der Waals surface area contributed by atoms with Crippen LogP contribution < -0.4 is 5.32 Å². The Balaban J connectivity index is 1.75. The highest BCUT2D eigenvalue weighted by molar-refractivity contribution is 5.68. The number of methoxy groups -OCH3 is 1. The highest BCUT2D eigenvalue weighted by Gasteiger charge is 2.06. The summed E-state index contributed by atoms with van der Waals surface area (Å²) in [4.78, 5) is 11.0. The molecule has 1 aromatic carbocycles. The number of anilines is 1. The summed E-state index contributed by atoms with van der Waals surface area (Å²) in [5.41, 5.74) is 0.913. The van der Waals surface area contributed by atoms with Gasteiger partial charge in [-0.2, -0.15) is 4.68 Å². The number of hydrogen-bond acceptors (Lipinski definition) is 6. The molecule has 2 rings (SSSR count). The van der Waals surface area contributed by atoms with E-state index >= 15 is 0 Å². The number of para-hydroxylation sites is 1. The minimum Gasteiger partial charge on any atom is -0.469 e. The number of ether oxygens (including phenoxy) is 1. The van der Waals surface area contributed by atoms with E-state index < -0.39 is 0 Å². The average molecular weight is 289 g/mol. The van der Waals surface area contributed by atoms with Crippen molar-refractivity contribution in [3.63, 3.8) is 0 Å². The molecule has 0 unspecified atom stereocenters. The van der Waals surface area contributed by atoms with E-state index in [1.54, 1.807) is 4.68 Å². The molecule has 0 amide bonds. The summed E-state index contributed by atoms with van der Waals surface area (Å²) in [6, 6.07) is 9.71. The fourth-order valence-corrected chi connectivity index (χ4v) is 1.91. The lowest BCUT2D eigenvalue weighted by molar-refractivity contribution is -0.140. The number of aromatic nitrogens is 4. The molecule has 1 N–H and O–H groups in total. The van der Waals surface area contributed by atoms with Crippen LogP contribution in [0.3, 0.4) is 0 Å². The zero-order chi connectivity index (χ0) is 14.9. The van der Waals surface area contributed by atoms with Crippen LogP contribution >= 0.6 is 0 Å². The van der Waals surface area contributed by atoms with Crippen molar-refractivity contribution in [2.24, 2.45) is 0 Å². The van der Waals surface area contributed by atoms with Crippen LogP contribution in [0, 0.1) is 0 Å².